The third kappa shape index (κ3) is 7.25. The van der Waals surface area contributed by atoms with E-state index in [4.69, 9.17) is 4.74 Å². The van der Waals surface area contributed by atoms with Crippen LogP contribution in [0.3, 0.4) is 0 Å². The van der Waals surface area contributed by atoms with Gasteiger partial charge < -0.3 is 15.0 Å². The van der Waals surface area contributed by atoms with E-state index in [2.05, 4.69) is 50.0 Å². The summed E-state index contributed by atoms with van der Waals surface area (Å²) in [6, 6.07) is 1.14. The fraction of sp³-hybridized carbons (Fsp3) is 1.00. The molecule has 1 heterocycles. The Morgan fingerprint density at radius 1 is 1.21 bits per heavy atom. The number of nitrogens with zero attached hydrogens (tertiary/aromatic N) is 2. The van der Waals surface area contributed by atoms with E-state index in [1.165, 1.54) is 13.0 Å². The van der Waals surface area contributed by atoms with Gasteiger partial charge in [-0.05, 0) is 33.4 Å². The molecule has 0 aromatic rings. The molecule has 4 heteroatoms. The maximum absolute atomic E-state index is 5.55. The lowest BCUT2D eigenvalue weighted by Gasteiger charge is -2.35. The van der Waals surface area contributed by atoms with Gasteiger partial charge in [-0.3, -0.25) is 4.90 Å². The number of morpholine rings is 1. The molecule has 1 saturated heterocycles. The lowest BCUT2D eigenvalue weighted by Crippen LogP contribution is -2.47. The van der Waals surface area contributed by atoms with Crippen molar-refractivity contribution in [3.8, 4) is 0 Å². The summed E-state index contributed by atoms with van der Waals surface area (Å²) in [5.41, 5.74) is 0. The molecule has 1 aliphatic heterocycles. The van der Waals surface area contributed by atoms with Crippen LogP contribution in [0, 0.1) is 5.92 Å². The second-order valence-electron chi connectivity index (χ2n) is 6.50. The number of likely N-dealkylation sites (N-methyl/N-ethyl adjacent to an activating group) is 1. The fourth-order valence-corrected chi connectivity index (χ4v) is 2.62. The molecule has 0 aromatic carbocycles. The summed E-state index contributed by atoms with van der Waals surface area (Å²) >= 11 is 0. The molecule has 0 spiro atoms. The minimum atomic E-state index is 0.526. The fourth-order valence-electron chi connectivity index (χ4n) is 2.62. The van der Waals surface area contributed by atoms with Crippen LogP contribution in [0.15, 0.2) is 0 Å². The van der Waals surface area contributed by atoms with Crippen LogP contribution in [-0.2, 0) is 4.74 Å². The Bertz CT molecular complexity index is 227. The number of nitrogens with one attached hydrogen (secondary N) is 1. The number of hydrogen-bond donors (Lipinski definition) is 1. The van der Waals surface area contributed by atoms with Gasteiger partial charge in [0, 0.05) is 38.3 Å². The zero-order chi connectivity index (χ0) is 14.3. The molecule has 0 aromatic heterocycles. The standard InChI is InChI=1S/C15H33N3O/c1-13(2)11-18(8-7-17(4)5)14(3)10-15-12-19-9-6-16-15/h13-16H,6-12H2,1-5H3. The average Bonchev–Trinajstić information content (AvgIpc) is 2.35. The number of rotatable bonds is 8. The van der Waals surface area contributed by atoms with Crippen molar-refractivity contribution in [2.75, 3.05) is 53.5 Å². The Labute approximate surface area is 119 Å². The minimum Gasteiger partial charge on any atom is -0.379 e. The Morgan fingerprint density at radius 3 is 2.47 bits per heavy atom. The van der Waals surface area contributed by atoms with Crippen molar-refractivity contribution in [1.29, 1.82) is 0 Å². The van der Waals surface area contributed by atoms with E-state index in [-0.39, 0.29) is 0 Å². The molecule has 19 heavy (non-hydrogen) atoms. The summed E-state index contributed by atoms with van der Waals surface area (Å²) < 4.78 is 5.55. The molecule has 2 atom stereocenters. The van der Waals surface area contributed by atoms with Crippen molar-refractivity contribution in [3.05, 3.63) is 0 Å². The molecule has 114 valence electrons. The lowest BCUT2D eigenvalue weighted by molar-refractivity contribution is 0.0594. The van der Waals surface area contributed by atoms with Crippen molar-refractivity contribution in [3.63, 3.8) is 0 Å². The van der Waals surface area contributed by atoms with Crippen molar-refractivity contribution in [1.82, 2.24) is 15.1 Å². The first-order valence-corrected chi connectivity index (χ1v) is 7.69. The zero-order valence-corrected chi connectivity index (χ0v) is 13.5. The van der Waals surface area contributed by atoms with Gasteiger partial charge in [-0.1, -0.05) is 13.8 Å². The van der Waals surface area contributed by atoms with Gasteiger partial charge in [0.2, 0.25) is 0 Å². The van der Waals surface area contributed by atoms with Gasteiger partial charge in [-0.15, -0.1) is 0 Å². The molecule has 0 radical (unpaired) electrons. The second kappa shape index (κ2) is 8.90. The van der Waals surface area contributed by atoms with E-state index in [1.54, 1.807) is 0 Å². The van der Waals surface area contributed by atoms with Gasteiger partial charge >= 0.3 is 0 Å². The van der Waals surface area contributed by atoms with Gasteiger partial charge in [0.1, 0.15) is 0 Å². The van der Waals surface area contributed by atoms with Crippen LogP contribution in [0.2, 0.25) is 0 Å². The normalized spacial score (nSPS) is 22.4. The van der Waals surface area contributed by atoms with Gasteiger partial charge in [0.25, 0.3) is 0 Å². The lowest BCUT2D eigenvalue weighted by atomic mass is 10.1. The first kappa shape index (κ1) is 16.9. The maximum Gasteiger partial charge on any atom is 0.0620 e. The second-order valence-corrected chi connectivity index (χ2v) is 6.50. The van der Waals surface area contributed by atoms with Crippen molar-refractivity contribution in [2.45, 2.75) is 39.3 Å². The Morgan fingerprint density at radius 2 is 1.95 bits per heavy atom. The van der Waals surface area contributed by atoms with E-state index in [9.17, 15) is 0 Å². The van der Waals surface area contributed by atoms with Crippen LogP contribution in [0.1, 0.15) is 27.2 Å². The molecule has 1 N–H and O–H groups in total. The van der Waals surface area contributed by atoms with Crippen LogP contribution in [-0.4, -0.2) is 75.4 Å². The topological polar surface area (TPSA) is 27.7 Å². The average molecular weight is 271 g/mol. The van der Waals surface area contributed by atoms with Gasteiger partial charge in [-0.25, -0.2) is 0 Å². The molecule has 0 amide bonds. The summed E-state index contributed by atoms with van der Waals surface area (Å²) in [7, 11) is 4.30. The highest BCUT2D eigenvalue weighted by Crippen LogP contribution is 2.11. The van der Waals surface area contributed by atoms with E-state index < -0.39 is 0 Å². The molecule has 2 unspecified atom stereocenters. The monoisotopic (exact) mass is 271 g/mol. The van der Waals surface area contributed by atoms with Crippen molar-refractivity contribution < 1.29 is 4.74 Å². The highest BCUT2D eigenvalue weighted by Gasteiger charge is 2.21. The highest BCUT2D eigenvalue weighted by atomic mass is 16.5. The SMILES string of the molecule is CC(C)CN(CCN(C)C)C(C)CC1COCCN1. The van der Waals surface area contributed by atoms with Crippen LogP contribution < -0.4 is 5.32 Å². The molecule has 1 rings (SSSR count). The number of ether oxygens (including phenoxy) is 1. The summed E-state index contributed by atoms with van der Waals surface area (Å²) in [6.45, 7) is 13.2. The minimum absolute atomic E-state index is 0.526. The van der Waals surface area contributed by atoms with Crippen LogP contribution in [0.4, 0.5) is 0 Å². The highest BCUT2D eigenvalue weighted by molar-refractivity contribution is 4.78. The van der Waals surface area contributed by atoms with E-state index in [0.29, 0.717) is 12.1 Å². The molecule has 1 aliphatic rings. The predicted octanol–water partition coefficient (Wildman–Crippen LogP) is 1.27. The van der Waals surface area contributed by atoms with Gasteiger partial charge in [-0.2, -0.15) is 0 Å². The largest absolute Gasteiger partial charge is 0.379 e. The van der Waals surface area contributed by atoms with E-state index in [1.807, 2.05) is 0 Å². The van der Waals surface area contributed by atoms with E-state index >= 15 is 0 Å². The molecular formula is C15H33N3O. The zero-order valence-electron chi connectivity index (χ0n) is 13.5. The smallest absolute Gasteiger partial charge is 0.0620 e. The van der Waals surface area contributed by atoms with Crippen LogP contribution in [0.25, 0.3) is 0 Å². The molecule has 0 aliphatic carbocycles. The molecular weight excluding hydrogens is 238 g/mol. The van der Waals surface area contributed by atoms with Crippen molar-refractivity contribution >= 4 is 0 Å². The third-order valence-corrected chi connectivity index (χ3v) is 3.68. The Kier molecular flexibility index (Phi) is 7.91. The molecule has 1 fully saturated rings. The molecule has 4 nitrogen and oxygen atoms in total. The van der Waals surface area contributed by atoms with Crippen LogP contribution in [0.5, 0.6) is 0 Å². The molecule has 0 bridgehead atoms. The maximum atomic E-state index is 5.55. The van der Waals surface area contributed by atoms with Crippen LogP contribution >= 0.6 is 0 Å². The summed E-state index contributed by atoms with van der Waals surface area (Å²) in [4.78, 5) is 4.89. The first-order chi connectivity index (χ1) is 8.99. The van der Waals surface area contributed by atoms with Gasteiger partial charge in [0.15, 0.2) is 0 Å². The van der Waals surface area contributed by atoms with E-state index in [0.717, 1.165) is 38.8 Å². The predicted molar refractivity (Wildman–Crippen MR) is 81.7 cm³/mol. The van der Waals surface area contributed by atoms with Crippen molar-refractivity contribution in [2.24, 2.45) is 5.92 Å². The Hall–Kier alpha value is -0.160. The molecule has 0 saturated carbocycles. The number of hydrogen-bond acceptors (Lipinski definition) is 4. The first-order valence-electron chi connectivity index (χ1n) is 7.69. The Balaban J connectivity index is 2.41. The summed E-state index contributed by atoms with van der Waals surface area (Å²) in [5.74, 6) is 0.722. The quantitative estimate of drug-likeness (QED) is 0.719. The third-order valence-electron chi connectivity index (χ3n) is 3.68. The summed E-state index contributed by atoms with van der Waals surface area (Å²) in [6.07, 6.45) is 1.18. The van der Waals surface area contributed by atoms with Gasteiger partial charge in [0.05, 0.1) is 13.2 Å². The summed E-state index contributed by atoms with van der Waals surface area (Å²) in [5, 5.41) is 3.56.